The number of aryl methyl sites for hydroxylation is 1. The molecule has 7 atom stereocenters. The maximum atomic E-state index is 11.5. The van der Waals surface area contributed by atoms with Gasteiger partial charge in [0.25, 0.3) is 0 Å². The summed E-state index contributed by atoms with van der Waals surface area (Å²) in [6, 6.07) is 5.59. The third-order valence-corrected chi connectivity index (χ3v) is 6.98. The molecule has 0 bridgehead atoms. The van der Waals surface area contributed by atoms with Gasteiger partial charge < -0.3 is 20.1 Å². The highest BCUT2D eigenvalue weighted by Crippen LogP contribution is 2.61. The van der Waals surface area contributed by atoms with E-state index >= 15 is 0 Å². The van der Waals surface area contributed by atoms with Gasteiger partial charge in [-0.2, -0.15) is 0 Å². The van der Waals surface area contributed by atoms with Crippen molar-refractivity contribution in [2.24, 2.45) is 17.3 Å². The summed E-state index contributed by atoms with van der Waals surface area (Å²) in [5.41, 5.74) is 2.04. The van der Waals surface area contributed by atoms with Crippen LogP contribution in [-0.2, 0) is 16.0 Å². The third-order valence-electron chi connectivity index (χ3n) is 6.98. The van der Waals surface area contributed by atoms with Crippen molar-refractivity contribution in [3.8, 4) is 5.75 Å². The lowest BCUT2D eigenvalue weighted by atomic mass is 9.55. The number of aliphatic hydroxyl groups is 2. The SMILES string of the molecule is CC(=O)OC1C(O)C(O)C2C3CCc4cc(O)ccc4C3CCC12C. The molecule has 136 valence electrons. The van der Waals surface area contributed by atoms with Crippen molar-refractivity contribution in [1.82, 2.24) is 0 Å². The minimum atomic E-state index is -1.03. The van der Waals surface area contributed by atoms with Crippen LogP contribution in [0.15, 0.2) is 18.2 Å². The smallest absolute Gasteiger partial charge is 0.303 e. The summed E-state index contributed by atoms with van der Waals surface area (Å²) in [6.45, 7) is 3.40. The molecule has 0 aromatic heterocycles. The number of esters is 1. The van der Waals surface area contributed by atoms with E-state index in [1.165, 1.54) is 18.1 Å². The Bertz CT molecular complexity index is 701. The maximum absolute atomic E-state index is 11.5. The summed E-state index contributed by atoms with van der Waals surface area (Å²) in [5, 5.41) is 31.1. The molecule has 5 heteroatoms. The number of carbonyl (C=O) groups is 1. The Morgan fingerprint density at radius 3 is 2.72 bits per heavy atom. The summed E-state index contributed by atoms with van der Waals surface area (Å²) in [5.74, 6) is 0.364. The minimum absolute atomic E-state index is 0.0902. The first-order valence-electron chi connectivity index (χ1n) is 9.18. The van der Waals surface area contributed by atoms with Gasteiger partial charge in [0.15, 0.2) is 0 Å². The minimum Gasteiger partial charge on any atom is -0.508 e. The summed E-state index contributed by atoms with van der Waals surface area (Å²) in [7, 11) is 0. The fraction of sp³-hybridized carbons (Fsp3) is 0.650. The molecule has 0 heterocycles. The highest BCUT2D eigenvalue weighted by Gasteiger charge is 2.64. The Morgan fingerprint density at radius 2 is 2.00 bits per heavy atom. The second-order valence-corrected chi connectivity index (χ2v) is 8.27. The van der Waals surface area contributed by atoms with Gasteiger partial charge in [-0.1, -0.05) is 13.0 Å². The largest absolute Gasteiger partial charge is 0.508 e. The number of carbonyl (C=O) groups excluding carboxylic acids is 1. The molecular formula is C20H26O5. The highest BCUT2D eigenvalue weighted by atomic mass is 16.6. The highest BCUT2D eigenvalue weighted by molar-refractivity contribution is 5.66. The topological polar surface area (TPSA) is 87.0 Å². The van der Waals surface area contributed by atoms with Gasteiger partial charge in [-0.3, -0.25) is 4.79 Å². The van der Waals surface area contributed by atoms with Gasteiger partial charge in [0, 0.05) is 12.3 Å². The van der Waals surface area contributed by atoms with Crippen LogP contribution in [-0.4, -0.2) is 39.6 Å². The molecule has 2 saturated carbocycles. The monoisotopic (exact) mass is 346 g/mol. The molecule has 3 aliphatic rings. The first-order valence-corrected chi connectivity index (χ1v) is 9.18. The first-order chi connectivity index (χ1) is 11.8. The molecule has 0 radical (unpaired) electrons. The van der Waals surface area contributed by atoms with Gasteiger partial charge in [-0.25, -0.2) is 0 Å². The van der Waals surface area contributed by atoms with Crippen molar-refractivity contribution < 1.29 is 24.9 Å². The lowest BCUT2D eigenvalue weighted by Gasteiger charge is -2.50. The fourth-order valence-electron chi connectivity index (χ4n) is 5.99. The van der Waals surface area contributed by atoms with E-state index in [1.807, 2.05) is 19.1 Å². The standard InChI is InChI=1S/C20H26O5/c1-10(21)25-19-18(24)17(23)16-15-5-3-11-9-12(22)4-6-13(11)14(15)7-8-20(16,19)2/h4,6,9,14-19,22-24H,3,5,7-8H2,1-2H3. The maximum Gasteiger partial charge on any atom is 0.303 e. The van der Waals surface area contributed by atoms with Crippen LogP contribution in [0.25, 0.3) is 0 Å². The van der Waals surface area contributed by atoms with Crippen LogP contribution in [0, 0.1) is 17.3 Å². The second kappa shape index (κ2) is 5.71. The second-order valence-electron chi connectivity index (χ2n) is 8.27. The van der Waals surface area contributed by atoms with E-state index in [9.17, 15) is 20.1 Å². The van der Waals surface area contributed by atoms with Gasteiger partial charge in [-0.05, 0) is 66.7 Å². The molecule has 5 nitrogen and oxygen atoms in total. The van der Waals surface area contributed by atoms with Crippen LogP contribution >= 0.6 is 0 Å². The van der Waals surface area contributed by atoms with Gasteiger partial charge >= 0.3 is 5.97 Å². The summed E-state index contributed by atoms with van der Waals surface area (Å²) in [6.07, 6.45) is 0.959. The number of hydrogen-bond donors (Lipinski definition) is 3. The van der Waals surface area contributed by atoms with E-state index in [4.69, 9.17) is 4.74 Å². The summed E-state index contributed by atoms with van der Waals surface area (Å²) < 4.78 is 5.45. The number of aromatic hydroxyl groups is 1. The zero-order valence-corrected chi connectivity index (χ0v) is 14.7. The van der Waals surface area contributed by atoms with Gasteiger partial charge in [0.05, 0.1) is 6.10 Å². The van der Waals surface area contributed by atoms with Crippen LogP contribution < -0.4 is 0 Å². The summed E-state index contributed by atoms with van der Waals surface area (Å²) >= 11 is 0. The molecule has 7 unspecified atom stereocenters. The lowest BCUT2D eigenvalue weighted by molar-refractivity contribution is -0.161. The predicted octanol–water partition coefficient (Wildman–Crippen LogP) is 2.12. The zero-order valence-electron chi connectivity index (χ0n) is 14.7. The molecule has 3 N–H and O–H groups in total. The fourth-order valence-corrected chi connectivity index (χ4v) is 5.99. The lowest BCUT2D eigenvalue weighted by Crippen LogP contribution is -2.47. The Morgan fingerprint density at radius 1 is 1.24 bits per heavy atom. The van der Waals surface area contributed by atoms with Crippen LogP contribution in [0.2, 0.25) is 0 Å². The van der Waals surface area contributed by atoms with Crippen LogP contribution in [0.1, 0.15) is 50.2 Å². The molecule has 3 aliphatic carbocycles. The predicted molar refractivity (Wildman–Crippen MR) is 91.1 cm³/mol. The number of ether oxygens (including phenoxy) is 1. The number of benzene rings is 1. The Kier molecular flexibility index (Phi) is 3.85. The van der Waals surface area contributed by atoms with Crippen molar-refractivity contribution in [1.29, 1.82) is 0 Å². The van der Waals surface area contributed by atoms with Gasteiger partial charge in [0.1, 0.15) is 18.0 Å². The van der Waals surface area contributed by atoms with Crippen LogP contribution in [0.4, 0.5) is 0 Å². The van der Waals surface area contributed by atoms with E-state index in [2.05, 4.69) is 0 Å². The molecule has 0 saturated heterocycles. The molecule has 1 aromatic rings. The zero-order chi connectivity index (χ0) is 17.9. The number of fused-ring (bicyclic) bond motifs is 5. The molecule has 1 aromatic carbocycles. The Labute approximate surface area is 147 Å². The first kappa shape index (κ1) is 16.9. The quantitative estimate of drug-likeness (QED) is 0.678. The third kappa shape index (κ3) is 2.40. The van der Waals surface area contributed by atoms with Gasteiger partial charge in [0.2, 0.25) is 0 Å². The normalized spacial score (nSPS) is 42.2. The van der Waals surface area contributed by atoms with Crippen molar-refractivity contribution in [3.05, 3.63) is 29.3 Å². The number of rotatable bonds is 1. The number of aliphatic hydroxyl groups excluding tert-OH is 2. The Hall–Kier alpha value is -1.59. The average Bonchev–Trinajstić information content (AvgIpc) is 2.75. The van der Waals surface area contributed by atoms with E-state index in [0.29, 0.717) is 11.7 Å². The Balaban J connectivity index is 1.70. The molecule has 0 aliphatic heterocycles. The number of phenols is 1. The average molecular weight is 346 g/mol. The molecule has 0 amide bonds. The molecule has 25 heavy (non-hydrogen) atoms. The molecule has 4 rings (SSSR count). The van der Waals surface area contributed by atoms with E-state index in [1.54, 1.807) is 6.07 Å². The van der Waals surface area contributed by atoms with Gasteiger partial charge in [-0.15, -0.1) is 0 Å². The van der Waals surface area contributed by atoms with Crippen molar-refractivity contribution in [3.63, 3.8) is 0 Å². The molecule has 2 fully saturated rings. The number of hydrogen-bond acceptors (Lipinski definition) is 5. The number of phenolic OH excluding ortho intramolecular Hbond substituents is 1. The van der Waals surface area contributed by atoms with E-state index < -0.39 is 29.7 Å². The van der Waals surface area contributed by atoms with Crippen molar-refractivity contribution in [2.45, 2.75) is 63.8 Å². The molecular weight excluding hydrogens is 320 g/mol. The molecule has 0 spiro atoms. The van der Waals surface area contributed by atoms with E-state index in [0.717, 1.165) is 25.7 Å². The van der Waals surface area contributed by atoms with Crippen molar-refractivity contribution in [2.75, 3.05) is 0 Å². The van der Waals surface area contributed by atoms with Crippen LogP contribution in [0.5, 0.6) is 5.75 Å². The van der Waals surface area contributed by atoms with E-state index in [-0.39, 0.29) is 11.8 Å². The summed E-state index contributed by atoms with van der Waals surface area (Å²) in [4.78, 5) is 11.5. The van der Waals surface area contributed by atoms with Crippen molar-refractivity contribution >= 4 is 5.97 Å². The van der Waals surface area contributed by atoms with Crippen LogP contribution in [0.3, 0.4) is 0 Å².